The number of nitrogens with one attached hydrogen (secondary N) is 1. The van der Waals surface area contributed by atoms with Crippen molar-refractivity contribution in [3.05, 3.63) is 77.9 Å². The Morgan fingerprint density at radius 1 is 1.04 bits per heavy atom. The van der Waals surface area contributed by atoms with Gasteiger partial charge in [0, 0.05) is 17.8 Å². The number of ether oxygens (including phenoxy) is 1. The van der Waals surface area contributed by atoms with Gasteiger partial charge in [-0.15, -0.1) is 0 Å². The molecule has 1 aromatic heterocycles. The number of aromatic nitrogens is 1. The minimum absolute atomic E-state index is 0.102. The number of carbonyl (C=O) groups excluding carboxylic acids is 1. The van der Waals surface area contributed by atoms with Crippen LogP contribution < -0.4 is 15.0 Å². The summed E-state index contributed by atoms with van der Waals surface area (Å²) in [4.78, 5) is 18.3. The van der Waals surface area contributed by atoms with Gasteiger partial charge >= 0.3 is 0 Å². The summed E-state index contributed by atoms with van der Waals surface area (Å²) in [6.07, 6.45) is 1.71. The molecule has 0 aliphatic rings. The van der Waals surface area contributed by atoms with Crippen molar-refractivity contribution in [2.75, 3.05) is 23.9 Å². The number of anilines is 3. The second-order valence-corrected chi connectivity index (χ2v) is 6.02. The Morgan fingerprint density at radius 2 is 1.77 bits per heavy atom. The lowest BCUT2D eigenvalue weighted by Crippen LogP contribution is -2.20. The quantitative estimate of drug-likeness (QED) is 0.696. The summed E-state index contributed by atoms with van der Waals surface area (Å²) in [5, 5.41) is 3.33. The van der Waals surface area contributed by atoms with E-state index in [1.807, 2.05) is 48.3 Å². The first kappa shape index (κ1) is 17.8. The number of halogens is 1. The fourth-order valence-corrected chi connectivity index (χ4v) is 2.44. The summed E-state index contributed by atoms with van der Waals surface area (Å²) in [5.41, 5.74) is 1.98. The van der Waals surface area contributed by atoms with Crippen molar-refractivity contribution in [2.45, 2.75) is 0 Å². The van der Waals surface area contributed by atoms with Crippen molar-refractivity contribution in [3.8, 4) is 5.75 Å². The summed E-state index contributed by atoms with van der Waals surface area (Å²) in [6, 6.07) is 20.5. The van der Waals surface area contributed by atoms with Crippen LogP contribution in [0.25, 0.3) is 0 Å². The molecule has 0 saturated heterocycles. The average molecular weight is 368 g/mol. The molecule has 3 aromatic rings. The van der Waals surface area contributed by atoms with Crippen LogP contribution in [0.2, 0.25) is 5.02 Å². The van der Waals surface area contributed by atoms with Crippen LogP contribution in [0.1, 0.15) is 0 Å². The van der Waals surface area contributed by atoms with Gasteiger partial charge in [0.15, 0.2) is 6.61 Å². The molecule has 2 aromatic carbocycles. The molecule has 0 fully saturated rings. The third-order valence-electron chi connectivity index (χ3n) is 3.73. The SMILES string of the molecule is CN(c1ccccc1)c1ccc(NC(=O)COc2ccc(Cl)cc2)nc1. The number of amides is 1. The predicted molar refractivity (Wildman–Crippen MR) is 104 cm³/mol. The molecule has 26 heavy (non-hydrogen) atoms. The molecular weight excluding hydrogens is 350 g/mol. The van der Waals surface area contributed by atoms with Crippen molar-refractivity contribution >= 4 is 34.7 Å². The van der Waals surface area contributed by atoms with Crippen LogP contribution in [0.15, 0.2) is 72.9 Å². The summed E-state index contributed by atoms with van der Waals surface area (Å²) in [5.74, 6) is 0.772. The number of hydrogen-bond acceptors (Lipinski definition) is 4. The molecule has 0 aliphatic heterocycles. The zero-order chi connectivity index (χ0) is 18.4. The smallest absolute Gasteiger partial charge is 0.263 e. The summed E-state index contributed by atoms with van der Waals surface area (Å²) < 4.78 is 5.41. The molecule has 0 radical (unpaired) electrons. The van der Waals surface area contributed by atoms with Gasteiger partial charge in [-0.05, 0) is 48.5 Å². The van der Waals surface area contributed by atoms with Gasteiger partial charge in [0.05, 0.1) is 11.9 Å². The van der Waals surface area contributed by atoms with E-state index in [1.54, 1.807) is 36.5 Å². The van der Waals surface area contributed by atoms with Gasteiger partial charge in [-0.25, -0.2) is 4.98 Å². The maximum absolute atomic E-state index is 12.0. The largest absolute Gasteiger partial charge is 0.484 e. The molecule has 0 bridgehead atoms. The number of hydrogen-bond donors (Lipinski definition) is 1. The van der Waals surface area contributed by atoms with Crippen LogP contribution in [-0.4, -0.2) is 24.5 Å². The van der Waals surface area contributed by atoms with Gasteiger partial charge in [-0.1, -0.05) is 29.8 Å². The first-order chi connectivity index (χ1) is 12.6. The highest BCUT2D eigenvalue weighted by atomic mass is 35.5. The van der Waals surface area contributed by atoms with E-state index in [0.29, 0.717) is 16.6 Å². The lowest BCUT2D eigenvalue weighted by Gasteiger charge is -2.19. The van der Waals surface area contributed by atoms with Crippen LogP contribution >= 0.6 is 11.6 Å². The van der Waals surface area contributed by atoms with E-state index in [0.717, 1.165) is 11.4 Å². The summed E-state index contributed by atoms with van der Waals surface area (Å²) in [7, 11) is 1.96. The number of nitrogens with zero attached hydrogens (tertiary/aromatic N) is 2. The van der Waals surface area contributed by atoms with E-state index in [2.05, 4.69) is 10.3 Å². The maximum atomic E-state index is 12.0. The molecule has 6 heteroatoms. The van der Waals surface area contributed by atoms with Gasteiger partial charge in [0.2, 0.25) is 0 Å². The number of benzene rings is 2. The number of pyridine rings is 1. The first-order valence-electron chi connectivity index (χ1n) is 8.05. The lowest BCUT2D eigenvalue weighted by atomic mass is 10.2. The van der Waals surface area contributed by atoms with Crippen LogP contribution in [0.3, 0.4) is 0 Å². The number of carbonyl (C=O) groups is 1. The average Bonchev–Trinajstić information content (AvgIpc) is 2.68. The van der Waals surface area contributed by atoms with Gasteiger partial charge in [0.1, 0.15) is 11.6 Å². The second-order valence-electron chi connectivity index (χ2n) is 5.59. The van der Waals surface area contributed by atoms with Crippen LogP contribution in [0.4, 0.5) is 17.2 Å². The standard InChI is InChI=1S/C20H18ClN3O2/c1-24(16-5-3-2-4-6-16)17-9-12-19(22-13-17)23-20(25)14-26-18-10-7-15(21)8-11-18/h2-13H,14H2,1H3,(H,22,23,25). The molecule has 0 unspecified atom stereocenters. The van der Waals surface area contributed by atoms with Gasteiger partial charge in [-0.2, -0.15) is 0 Å². The molecule has 0 spiro atoms. The Bertz CT molecular complexity index is 852. The van der Waals surface area contributed by atoms with Gasteiger partial charge < -0.3 is 15.0 Å². The molecule has 0 aliphatic carbocycles. The van der Waals surface area contributed by atoms with Gasteiger partial charge in [-0.3, -0.25) is 4.79 Å². The van der Waals surface area contributed by atoms with E-state index < -0.39 is 0 Å². The van der Waals surface area contributed by atoms with Crippen molar-refractivity contribution < 1.29 is 9.53 Å². The fraction of sp³-hybridized carbons (Fsp3) is 0.100. The minimum Gasteiger partial charge on any atom is -0.484 e. The number of rotatable bonds is 6. The van der Waals surface area contributed by atoms with Crippen molar-refractivity contribution in [1.82, 2.24) is 4.98 Å². The molecule has 1 amide bonds. The summed E-state index contributed by atoms with van der Waals surface area (Å²) >= 11 is 5.81. The fourth-order valence-electron chi connectivity index (χ4n) is 2.32. The Kier molecular flexibility index (Phi) is 5.71. The molecule has 0 saturated carbocycles. The second kappa shape index (κ2) is 8.36. The molecule has 5 nitrogen and oxygen atoms in total. The van der Waals surface area contributed by atoms with E-state index in [-0.39, 0.29) is 12.5 Å². The topological polar surface area (TPSA) is 54.5 Å². The minimum atomic E-state index is -0.281. The van der Waals surface area contributed by atoms with Crippen molar-refractivity contribution in [1.29, 1.82) is 0 Å². The van der Waals surface area contributed by atoms with Crippen LogP contribution in [-0.2, 0) is 4.79 Å². The van der Waals surface area contributed by atoms with Crippen LogP contribution in [0, 0.1) is 0 Å². The Balaban J connectivity index is 1.55. The summed E-state index contributed by atoms with van der Waals surface area (Å²) in [6.45, 7) is -0.102. The highest BCUT2D eigenvalue weighted by Crippen LogP contribution is 2.23. The zero-order valence-corrected chi connectivity index (χ0v) is 15.0. The first-order valence-corrected chi connectivity index (χ1v) is 8.43. The molecule has 0 atom stereocenters. The van der Waals surface area contributed by atoms with Crippen molar-refractivity contribution in [3.63, 3.8) is 0 Å². The molecule has 132 valence electrons. The Morgan fingerprint density at radius 3 is 2.42 bits per heavy atom. The third-order valence-corrected chi connectivity index (χ3v) is 3.98. The predicted octanol–water partition coefficient (Wildman–Crippen LogP) is 4.52. The van der Waals surface area contributed by atoms with E-state index in [1.165, 1.54) is 0 Å². The highest BCUT2D eigenvalue weighted by Gasteiger charge is 2.07. The molecule has 1 N–H and O–H groups in total. The molecule has 1 heterocycles. The monoisotopic (exact) mass is 367 g/mol. The molecule has 3 rings (SSSR count). The lowest BCUT2D eigenvalue weighted by molar-refractivity contribution is -0.118. The normalized spacial score (nSPS) is 10.2. The van der Waals surface area contributed by atoms with E-state index in [4.69, 9.17) is 16.3 Å². The van der Waals surface area contributed by atoms with E-state index >= 15 is 0 Å². The molecular formula is C20H18ClN3O2. The maximum Gasteiger partial charge on any atom is 0.263 e. The Labute approximate surface area is 157 Å². The Hall–Kier alpha value is -3.05. The van der Waals surface area contributed by atoms with Crippen LogP contribution in [0.5, 0.6) is 5.75 Å². The highest BCUT2D eigenvalue weighted by molar-refractivity contribution is 6.30. The van der Waals surface area contributed by atoms with Crippen molar-refractivity contribution in [2.24, 2.45) is 0 Å². The zero-order valence-electron chi connectivity index (χ0n) is 14.2. The number of para-hydroxylation sites is 1. The third kappa shape index (κ3) is 4.74. The van der Waals surface area contributed by atoms with E-state index in [9.17, 15) is 4.79 Å². The van der Waals surface area contributed by atoms with Gasteiger partial charge in [0.25, 0.3) is 5.91 Å².